The van der Waals surface area contributed by atoms with Gasteiger partial charge in [0.05, 0.1) is 25.8 Å². The number of fused-ring (bicyclic) bond motifs is 1. The third kappa shape index (κ3) is 3.08. The van der Waals surface area contributed by atoms with E-state index in [1.807, 2.05) is 28.8 Å². The number of methoxy groups -OCH3 is 2. The summed E-state index contributed by atoms with van der Waals surface area (Å²) in [5, 5.41) is 6.36. The highest BCUT2D eigenvalue weighted by Gasteiger charge is 2.25. The molecule has 26 heavy (non-hydrogen) atoms. The van der Waals surface area contributed by atoms with Gasteiger partial charge in [0.25, 0.3) is 5.56 Å². The van der Waals surface area contributed by atoms with E-state index in [1.165, 1.54) is 7.11 Å². The number of esters is 1. The van der Waals surface area contributed by atoms with E-state index in [2.05, 4.69) is 24.0 Å². The summed E-state index contributed by atoms with van der Waals surface area (Å²) in [7, 11) is 2.93. The van der Waals surface area contributed by atoms with Gasteiger partial charge >= 0.3 is 5.97 Å². The number of rotatable bonds is 5. The summed E-state index contributed by atoms with van der Waals surface area (Å²) in [5.74, 6) is 0.440. The summed E-state index contributed by atoms with van der Waals surface area (Å²) in [6, 6.07) is 7.66. The minimum Gasteiger partial charge on any atom is -0.497 e. The molecule has 2 aliphatic rings. The lowest BCUT2D eigenvalue weighted by atomic mass is 9.94. The highest BCUT2D eigenvalue weighted by atomic mass is 16.5. The third-order valence-electron chi connectivity index (χ3n) is 4.40. The van der Waals surface area contributed by atoms with E-state index >= 15 is 0 Å². The van der Waals surface area contributed by atoms with Crippen LogP contribution in [-0.2, 0) is 4.74 Å². The lowest BCUT2D eigenvalue weighted by Gasteiger charge is -2.26. The predicted octanol–water partition coefficient (Wildman–Crippen LogP) is 2.72. The number of aromatic nitrogens is 3. The van der Waals surface area contributed by atoms with Crippen molar-refractivity contribution in [2.45, 2.75) is 19.9 Å². The van der Waals surface area contributed by atoms with Crippen molar-refractivity contribution in [3.05, 3.63) is 58.1 Å². The fraction of sp³-hybridized carbons (Fsp3) is 0.316. The lowest BCUT2D eigenvalue weighted by molar-refractivity contribution is 0.0600. The first-order valence-corrected chi connectivity index (χ1v) is 8.28. The molecule has 0 saturated carbocycles. The van der Waals surface area contributed by atoms with Gasteiger partial charge < -0.3 is 14.0 Å². The van der Waals surface area contributed by atoms with E-state index in [4.69, 9.17) is 9.47 Å². The van der Waals surface area contributed by atoms with Crippen LogP contribution < -0.4 is 10.3 Å². The second-order valence-corrected chi connectivity index (χ2v) is 6.39. The topological polar surface area (TPSA) is 86.2 Å². The highest BCUT2D eigenvalue weighted by molar-refractivity contribution is 5.95. The fourth-order valence-corrected chi connectivity index (χ4v) is 3.18. The summed E-state index contributed by atoms with van der Waals surface area (Å²) >= 11 is 0. The molecule has 1 aromatic rings. The summed E-state index contributed by atoms with van der Waals surface area (Å²) in [6.45, 7) is 4.16. The van der Waals surface area contributed by atoms with Crippen LogP contribution in [0.5, 0.6) is 5.75 Å². The molecule has 0 spiro atoms. The van der Waals surface area contributed by atoms with Crippen molar-refractivity contribution in [1.82, 2.24) is 14.8 Å². The molecule has 0 aliphatic carbocycles. The Morgan fingerprint density at radius 1 is 1.15 bits per heavy atom. The SMILES string of the molecule is COC(=O)c1cn([C@H](c2ccc(OC)cc2)C(C)C)cc2c(=O)[nH]nc1-2. The number of hydrogen-bond donors (Lipinski definition) is 1. The zero-order chi connectivity index (χ0) is 18.8. The Morgan fingerprint density at radius 3 is 2.42 bits per heavy atom. The molecule has 136 valence electrons. The molecule has 0 fully saturated rings. The van der Waals surface area contributed by atoms with Gasteiger partial charge in [-0.2, -0.15) is 5.10 Å². The van der Waals surface area contributed by atoms with Crippen molar-refractivity contribution in [1.29, 1.82) is 0 Å². The quantitative estimate of drug-likeness (QED) is 0.711. The molecule has 0 amide bonds. The molecule has 1 aromatic carbocycles. The van der Waals surface area contributed by atoms with Crippen LogP contribution in [0.3, 0.4) is 0 Å². The Hall–Kier alpha value is -3.09. The van der Waals surface area contributed by atoms with Crippen LogP contribution in [0.2, 0.25) is 0 Å². The zero-order valence-electron chi connectivity index (χ0n) is 15.1. The van der Waals surface area contributed by atoms with Crippen LogP contribution in [-0.4, -0.2) is 35.0 Å². The summed E-state index contributed by atoms with van der Waals surface area (Å²) in [6.07, 6.45) is 3.41. The number of pyridine rings is 1. The second-order valence-electron chi connectivity index (χ2n) is 6.39. The number of hydrogen-bond acceptors (Lipinski definition) is 5. The lowest BCUT2D eigenvalue weighted by Crippen LogP contribution is -2.20. The second kappa shape index (κ2) is 7.03. The maximum Gasteiger partial charge on any atom is 0.341 e. The summed E-state index contributed by atoms with van der Waals surface area (Å²) < 4.78 is 12.0. The van der Waals surface area contributed by atoms with Gasteiger partial charge in [0.2, 0.25) is 0 Å². The van der Waals surface area contributed by atoms with Crippen LogP contribution in [0, 0.1) is 5.92 Å². The Kier molecular flexibility index (Phi) is 4.79. The zero-order valence-corrected chi connectivity index (χ0v) is 15.1. The molecule has 2 aliphatic heterocycles. The van der Waals surface area contributed by atoms with Crippen molar-refractivity contribution in [3.8, 4) is 17.0 Å². The van der Waals surface area contributed by atoms with E-state index in [0.29, 0.717) is 11.3 Å². The number of aromatic amines is 1. The van der Waals surface area contributed by atoms with Crippen LogP contribution in [0.1, 0.15) is 35.8 Å². The van der Waals surface area contributed by atoms with Crippen molar-refractivity contribution in [3.63, 3.8) is 0 Å². The number of carbonyl (C=O) groups is 1. The first-order valence-electron chi connectivity index (χ1n) is 8.28. The molecule has 0 bridgehead atoms. The first kappa shape index (κ1) is 17.7. The normalized spacial score (nSPS) is 12.3. The van der Waals surface area contributed by atoms with E-state index in [9.17, 15) is 9.59 Å². The monoisotopic (exact) mass is 355 g/mol. The van der Waals surface area contributed by atoms with Gasteiger partial charge in [-0.1, -0.05) is 26.0 Å². The number of carbonyl (C=O) groups excluding carboxylic acids is 1. The molecule has 0 radical (unpaired) electrons. The number of benzene rings is 1. The van der Waals surface area contributed by atoms with Gasteiger partial charge in [0.1, 0.15) is 17.0 Å². The van der Waals surface area contributed by atoms with Crippen molar-refractivity contribution >= 4 is 5.97 Å². The number of nitrogens with one attached hydrogen (secondary N) is 1. The van der Waals surface area contributed by atoms with Crippen molar-refractivity contribution < 1.29 is 14.3 Å². The smallest absolute Gasteiger partial charge is 0.341 e. The van der Waals surface area contributed by atoms with Gasteiger partial charge in [-0.15, -0.1) is 0 Å². The Bertz CT molecular complexity index is 940. The van der Waals surface area contributed by atoms with Crippen LogP contribution in [0.25, 0.3) is 11.3 Å². The van der Waals surface area contributed by atoms with E-state index < -0.39 is 5.97 Å². The van der Waals surface area contributed by atoms with Gasteiger partial charge in [-0.05, 0) is 23.6 Å². The molecule has 2 heterocycles. The summed E-state index contributed by atoms with van der Waals surface area (Å²) in [5.41, 5.74) is 1.62. The molecule has 0 unspecified atom stereocenters. The largest absolute Gasteiger partial charge is 0.497 e. The van der Waals surface area contributed by atoms with E-state index in [1.54, 1.807) is 19.5 Å². The van der Waals surface area contributed by atoms with Crippen molar-refractivity contribution in [2.24, 2.45) is 5.92 Å². The van der Waals surface area contributed by atoms with Gasteiger partial charge in [0.15, 0.2) is 0 Å². The molecule has 7 nitrogen and oxygen atoms in total. The highest BCUT2D eigenvalue weighted by Crippen LogP contribution is 2.31. The summed E-state index contributed by atoms with van der Waals surface area (Å²) in [4.78, 5) is 24.3. The molecule has 0 saturated heterocycles. The third-order valence-corrected chi connectivity index (χ3v) is 4.40. The Morgan fingerprint density at radius 2 is 1.85 bits per heavy atom. The predicted molar refractivity (Wildman–Crippen MR) is 96.8 cm³/mol. The molecule has 0 aromatic heterocycles. The maximum atomic E-state index is 12.2. The van der Waals surface area contributed by atoms with Crippen LogP contribution in [0.4, 0.5) is 0 Å². The molecule has 1 N–H and O–H groups in total. The maximum absolute atomic E-state index is 12.2. The van der Waals surface area contributed by atoms with Gasteiger partial charge in [0, 0.05) is 12.4 Å². The average molecular weight is 355 g/mol. The van der Waals surface area contributed by atoms with Gasteiger partial charge in [-0.25, -0.2) is 9.89 Å². The minimum atomic E-state index is -0.534. The van der Waals surface area contributed by atoms with Crippen LogP contribution >= 0.6 is 0 Å². The fourth-order valence-electron chi connectivity index (χ4n) is 3.18. The number of ether oxygens (including phenoxy) is 2. The Labute approximate surface area is 150 Å². The molecular weight excluding hydrogens is 334 g/mol. The minimum absolute atomic E-state index is 0.0805. The van der Waals surface area contributed by atoms with Crippen molar-refractivity contribution in [2.75, 3.05) is 14.2 Å². The molecule has 3 rings (SSSR count). The molecule has 7 heteroatoms. The van der Waals surface area contributed by atoms with E-state index in [0.717, 1.165) is 11.3 Å². The number of H-pyrrole nitrogens is 1. The Balaban J connectivity index is 2.19. The number of nitrogens with zero attached hydrogens (tertiary/aromatic N) is 2. The van der Waals surface area contributed by atoms with Crippen LogP contribution in [0.15, 0.2) is 41.5 Å². The first-order chi connectivity index (χ1) is 12.5. The van der Waals surface area contributed by atoms with E-state index in [-0.39, 0.29) is 23.1 Å². The average Bonchev–Trinajstić information content (AvgIpc) is 3.02. The molecule has 1 atom stereocenters. The molecular formula is C19H21N3O4. The standard InChI is InChI=1S/C19H21N3O4/c1-11(2)17(12-5-7-13(25-3)8-6-12)22-9-14-16(20-21-18(14)23)15(10-22)19(24)26-4/h5-11,17H,1-4H3,(H,21,23)/t17-/m0/s1. The van der Waals surface area contributed by atoms with Gasteiger partial charge in [-0.3, -0.25) is 4.79 Å².